The number of nitrogens with zero attached hydrogens (tertiary/aromatic N) is 1. The third kappa shape index (κ3) is 5.34. The van der Waals surface area contributed by atoms with Gasteiger partial charge in [-0.3, -0.25) is 4.90 Å². The monoisotopic (exact) mass is 303 g/mol. The number of hydrogen-bond donors (Lipinski definition) is 2. The van der Waals surface area contributed by atoms with Crippen LogP contribution in [0, 0.1) is 5.92 Å². The molecule has 22 heavy (non-hydrogen) atoms. The van der Waals surface area contributed by atoms with Crippen molar-refractivity contribution in [2.24, 2.45) is 5.92 Å². The molecule has 0 aromatic heterocycles. The molecule has 4 heteroatoms. The van der Waals surface area contributed by atoms with Crippen LogP contribution in [-0.2, 0) is 0 Å². The maximum absolute atomic E-state index is 12.0. The van der Waals surface area contributed by atoms with Gasteiger partial charge >= 0.3 is 6.03 Å². The van der Waals surface area contributed by atoms with Crippen LogP contribution < -0.4 is 10.6 Å². The van der Waals surface area contributed by atoms with Gasteiger partial charge in [-0.2, -0.15) is 0 Å². The molecule has 0 radical (unpaired) electrons. The summed E-state index contributed by atoms with van der Waals surface area (Å²) in [5.41, 5.74) is 0.830. The second-order valence-electron chi connectivity index (χ2n) is 6.46. The number of rotatable bonds is 5. The van der Waals surface area contributed by atoms with Gasteiger partial charge in [0.1, 0.15) is 0 Å². The Bertz CT molecular complexity index is 439. The molecule has 1 fully saturated rings. The number of hydrogen-bond acceptors (Lipinski definition) is 2. The van der Waals surface area contributed by atoms with Gasteiger partial charge in [0.05, 0.1) is 0 Å². The summed E-state index contributed by atoms with van der Waals surface area (Å²) < 4.78 is 0. The van der Waals surface area contributed by atoms with Crippen LogP contribution in [0.4, 0.5) is 10.5 Å². The van der Waals surface area contributed by atoms with Crippen molar-refractivity contribution in [3.8, 4) is 0 Å². The van der Waals surface area contributed by atoms with Gasteiger partial charge in [-0.15, -0.1) is 0 Å². The molecule has 0 bridgehead atoms. The number of likely N-dealkylation sites (tertiary alicyclic amines) is 1. The van der Waals surface area contributed by atoms with Crippen LogP contribution in [0.25, 0.3) is 0 Å². The summed E-state index contributed by atoms with van der Waals surface area (Å²) in [6.07, 6.45) is 5.23. The van der Waals surface area contributed by atoms with Gasteiger partial charge in [-0.05, 0) is 44.0 Å². The van der Waals surface area contributed by atoms with E-state index in [0.717, 1.165) is 18.8 Å². The summed E-state index contributed by atoms with van der Waals surface area (Å²) in [7, 11) is 0. The van der Waals surface area contributed by atoms with Crippen LogP contribution in [0.3, 0.4) is 0 Å². The van der Waals surface area contributed by atoms with E-state index in [4.69, 9.17) is 0 Å². The smallest absolute Gasteiger partial charge is 0.319 e. The summed E-state index contributed by atoms with van der Waals surface area (Å²) in [5.74, 6) is 0.537. The molecule has 1 heterocycles. The lowest BCUT2D eigenvalue weighted by Crippen LogP contribution is -2.48. The zero-order valence-corrected chi connectivity index (χ0v) is 13.8. The fraction of sp³-hybridized carbons (Fsp3) is 0.611. The van der Waals surface area contributed by atoms with Crippen molar-refractivity contribution < 1.29 is 4.79 Å². The molecule has 2 rings (SSSR count). The highest BCUT2D eigenvalue weighted by Gasteiger charge is 2.23. The number of anilines is 1. The van der Waals surface area contributed by atoms with Crippen LogP contribution in [0.15, 0.2) is 30.3 Å². The van der Waals surface area contributed by atoms with E-state index >= 15 is 0 Å². The van der Waals surface area contributed by atoms with Gasteiger partial charge < -0.3 is 10.6 Å². The van der Waals surface area contributed by atoms with Crippen LogP contribution in [-0.4, -0.2) is 36.6 Å². The summed E-state index contributed by atoms with van der Waals surface area (Å²) in [5, 5.41) is 5.92. The zero-order valence-electron chi connectivity index (χ0n) is 13.8. The first-order valence-electron chi connectivity index (χ1n) is 8.51. The molecule has 1 aromatic rings. The zero-order chi connectivity index (χ0) is 15.8. The lowest BCUT2D eigenvalue weighted by Gasteiger charge is -2.33. The van der Waals surface area contributed by atoms with E-state index in [-0.39, 0.29) is 6.03 Å². The van der Waals surface area contributed by atoms with Crippen molar-refractivity contribution >= 4 is 11.7 Å². The first-order valence-corrected chi connectivity index (χ1v) is 8.51. The number of benzene rings is 1. The predicted molar refractivity (Wildman–Crippen MR) is 92.1 cm³/mol. The lowest BCUT2D eigenvalue weighted by atomic mass is 10.0. The van der Waals surface area contributed by atoms with Crippen molar-refractivity contribution in [1.82, 2.24) is 10.2 Å². The highest BCUT2D eigenvalue weighted by molar-refractivity contribution is 5.89. The SMILES string of the molecule is CC(C)[C@@H](CNC(=O)Nc1ccccc1)N1CCCCCC1. The molecule has 0 unspecified atom stereocenters. The molecule has 0 spiro atoms. The van der Waals surface area contributed by atoms with Gasteiger partial charge in [0.2, 0.25) is 0 Å². The molecule has 0 saturated carbocycles. The maximum Gasteiger partial charge on any atom is 0.319 e. The van der Waals surface area contributed by atoms with E-state index in [1.54, 1.807) is 0 Å². The van der Waals surface area contributed by atoms with Crippen molar-refractivity contribution in [2.45, 2.75) is 45.6 Å². The predicted octanol–water partition coefficient (Wildman–Crippen LogP) is 3.71. The summed E-state index contributed by atoms with van der Waals surface area (Å²) in [6.45, 7) is 7.50. The number of para-hydroxylation sites is 1. The molecule has 2 N–H and O–H groups in total. The molecule has 1 aliphatic rings. The van der Waals surface area contributed by atoms with Gasteiger partial charge in [0.15, 0.2) is 0 Å². The third-order valence-electron chi connectivity index (χ3n) is 4.38. The van der Waals surface area contributed by atoms with E-state index in [1.807, 2.05) is 30.3 Å². The second-order valence-corrected chi connectivity index (χ2v) is 6.46. The molecule has 0 aliphatic carbocycles. The Morgan fingerprint density at radius 3 is 2.32 bits per heavy atom. The fourth-order valence-electron chi connectivity index (χ4n) is 3.11. The number of nitrogens with one attached hydrogen (secondary N) is 2. The molecule has 2 amide bonds. The Morgan fingerprint density at radius 1 is 1.09 bits per heavy atom. The molecule has 1 saturated heterocycles. The van der Waals surface area contributed by atoms with E-state index in [9.17, 15) is 4.79 Å². The molecular weight excluding hydrogens is 274 g/mol. The fourth-order valence-corrected chi connectivity index (χ4v) is 3.11. The van der Waals surface area contributed by atoms with E-state index in [1.165, 1.54) is 25.7 Å². The standard InChI is InChI=1S/C18H29N3O/c1-15(2)17(21-12-8-3-4-9-13-21)14-19-18(22)20-16-10-6-5-7-11-16/h5-7,10-11,15,17H,3-4,8-9,12-14H2,1-2H3,(H2,19,20,22)/t17-/m1/s1. The van der Waals surface area contributed by atoms with Gasteiger partial charge in [0.25, 0.3) is 0 Å². The Morgan fingerprint density at radius 2 is 1.73 bits per heavy atom. The normalized spacial score (nSPS) is 17.8. The quantitative estimate of drug-likeness (QED) is 0.871. The number of amides is 2. The number of carbonyl (C=O) groups excluding carboxylic acids is 1. The van der Waals surface area contributed by atoms with Crippen LogP contribution in [0.1, 0.15) is 39.5 Å². The first-order chi connectivity index (χ1) is 10.7. The minimum absolute atomic E-state index is 0.119. The topological polar surface area (TPSA) is 44.4 Å². The molecule has 122 valence electrons. The summed E-state index contributed by atoms with van der Waals surface area (Å²) >= 11 is 0. The van der Waals surface area contributed by atoms with Gasteiger partial charge in [-0.1, -0.05) is 44.9 Å². The Labute approximate surface area is 134 Å². The highest BCUT2D eigenvalue weighted by atomic mass is 16.2. The van der Waals surface area contributed by atoms with Crippen molar-refractivity contribution in [3.63, 3.8) is 0 Å². The first kappa shape index (κ1) is 16.8. The molecule has 1 aromatic carbocycles. The third-order valence-corrected chi connectivity index (χ3v) is 4.38. The minimum Gasteiger partial charge on any atom is -0.336 e. The lowest BCUT2D eigenvalue weighted by molar-refractivity contribution is 0.158. The van der Waals surface area contributed by atoms with Crippen LogP contribution >= 0.6 is 0 Å². The molecule has 4 nitrogen and oxygen atoms in total. The number of carbonyl (C=O) groups is 1. The summed E-state index contributed by atoms with van der Waals surface area (Å²) in [6, 6.07) is 9.87. The average Bonchev–Trinajstić information content (AvgIpc) is 2.77. The average molecular weight is 303 g/mol. The largest absolute Gasteiger partial charge is 0.336 e. The van der Waals surface area contributed by atoms with Crippen molar-refractivity contribution in [2.75, 3.05) is 25.0 Å². The van der Waals surface area contributed by atoms with E-state index in [0.29, 0.717) is 18.5 Å². The van der Waals surface area contributed by atoms with Crippen LogP contribution in [0.5, 0.6) is 0 Å². The van der Waals surface area contributed by atoms with Crippen molar-refractivity contribution in [1.29, 1.82) is 0 Å². The molecular formula is C18H29N3O. The van der Waals surface area contributed by atoms with Gasteiger partial charge in [0, 0.05) is 18.3 Å². The van der Waals surface area contributed by atoms with Crippen LogP contribution in [0.2, 0.25) is 0 Å². The molecule has 1 atom stereocenters. The highest BCUT2D eigenvalue weighted by Crippen LogP contribution is 2.17. The molecule has 1 aliphatic heterocycles. The second kappa shape index (κ2) is 8.79. The Kier molecular flexibility index (Phi) is 6.72. The minimum atomic E-state index is -0.119. The summed E-state index contributed by atoms with van der Waals surface area (Å²) in [4.78, 5) is 14.6. The maximum atomic E-state index is 12.0. The van der Waals surface area contributed by atoms with E-state index < -0.39 is 0 Å². The van der Waals surface area contributed by atoms with Crippen molar-refractivity contribution in [3.05, 3.63) is 30.3 Å². The Balaban J connectivity index is 1.84. The Hall–Kier alpha value is -1.55. The van der Waals surface area contributed by atoms with E-state index in [2.05, 4.69) is 29.4 Å². The number of urea groups is 1. The van der Waals surface area contributed by atoms with Gasteiger partial charge in [-0.25, -0.2) is 4.79 Å².